The Hall–Kier alpha value is -1.59. The number of hydrogen-bond donors (Lipinski definition) is 1. The van der Waals surface area contributed by atoms with Gasteiger partial charge in [0.25, 0.3) is 0 Å². The number of benzene rings is 1. The maximum atomic E-state index is 11.4. The van der Waals surface area contributed by atoms with Crippen LogP contribution in [0, 0.1) is 0 Å². The van der Waals surface area contributed by atoms with Gasteiger partial charge in [-0.2, -0.15) is 0 Å². The summed E-state index contributed by atoms with van der Waals surface area (Å²) in [6, 6.07) is 10.5. The average molecular weight is 318 g/mol. The molecule has 0 saturated carbocycles. The van der Waals surface area contributed by atoms with Gasteiger partial charge in [0.15, 0.2) is 0 Å². The normalized spacial score (nSPS) is 23.8. The Kier molecular flexibility index (Phi) is 4.34. The Labute approximate surface area is 137 Å². The second-order valence-corrected chi connectivity index (χ2v) is 7.45. The van der Waals surface area contributed by atoms with Crippen molar-refractivity contribution in [2.45, 2.75) is 44.4 Å². The molecule has 2 heterocycles. The fourth-order valence-electron chi connectivity index (χ4n) is 3.87. The fraction of sp³-hybridized carbons (Fsp3) is 0.611. The Balaban J connectivity index is 1.63. The van der Waals surface area contributed by atoms with Crippen LogP contribution in [0.4, 0.5) is 4.79 Å². The molecule has 2 aliphatic heterocycles. The van der Waals surface area contributed by atoms with Crippen molar-refractivity contribution in [3.8, 4) is 0 Å². The molecule has 0 atom stereocenters. The molecule has 1 N–H and O–H groups in total. The van der Waals surface area contributed by atoms with Gasteiger partial charge in [-0.1, -0.05) is 30.3 Å². The van der Waals surface area contributed by atoms with Gasteiger partial charge in [-0.25, -0.2) is 4.79 Å². The van der Waals surface area contributed by atoms with Crippen molar-refractivity contribution in [1.29, 1.82) is 0 Å². The summed E-state index contributed by atoms with van der Waals surface area (Å²) in [5, 5.41) is 9.39. The summed E-state index contributed by atoms with van der Waals surface area (Å²) >= 11 is 0. The van der Waals surface area contributed by atoms with Crippen molar-refractivity contribution in [2.75, 3.05) is 26.2 Å². The third-order valence-corrected chi connectivity index (χ3v) is 4.83. The van der Waals surface area contributed by atoms with Crippen molar-refractivity contribution in [1.82, 2.24) is 9.80 Å². The number of amides is 1. The smallest absolute Gasteiger partial charge is 0.407 e. The number of rotatable bonds is 2. The second kappa shape index (κ2) is 6.13. The number of carbonyl (C=O) groups is 1. The molecule has 0 unspecified atom stereocenters. The first-order valence-corrected chi connectivity index (χ1v) is 8.32. The molecular formula is C18H26N2O3. The van der Waals surface area contributed by atoms with E-state index < -0.39 is 11.7 Å². The summed E-state index contributed by atoms with van der Waals surface area (Å²) in [5.74, 6) is 0. The quantitative estimate of drug-likeness (QED) is 0.911. The lowest BCUT2D eigenvalue weighted by Gasteiger charge is -2.52. The highest BCUT2D eigenvalue weighted by molar-refractivity contribution is 5.65. The van der Waals surface area contributed by atoms with Gasteiger partial charge in [0.1, 0.15) is 0 Å². The van der Waals surface area contributed by atoms with Gasteiger partial charge < -0.3 is 14.7 Å². The van der Waals surface area contributed by atoms with E-state index >= 15 is 0 Å². The van der Waals surface area contributed by atoms with Crippen molar-refractivity contribution >= 4 is 6.09 Å². The third-order valence-electron chi connectivity index (χ3n) is 4.83. The van der Waals surface area contributed by atoms with E-state index in [1.807, 2.05) is 19.9 Å². The molecule has 23 heavy (non-hydrogen) atoms. The zero-order chi connectivity index (χ0) is 16.5. The third kappa shape index (κ3) is 3.85. The van der Waals surface area contributed by atoms with Gasteiger partial charge >= 0.3 is 6.09 Å². The van der Waals surface area contributed by atoms with Crippen molar-refractivity contribution in [3.63, 3.8) is 0 Å². The van der Waals surface area contributed by atoms with E-state index in [9.17, 15) is 9.90 Å². The van der Waals surface area contributed by atoms with E-state index in [4.69, 9.17) is 4.74 Å². The first kappa shape index (κ1) is 16.3. The average Bonchev–Trinajstić information content (AvgIpc) is 2.49. The van der Waals surface area contributed by atoms with Crippen molar-refractivity contribution in [2.24, 2.45) is 0 Å². The Morgan fingerprint density at radius 1 is 1.17 bits per heavy atom. The van der Waals surface area contributed by atoms with E-state index in [0.29, 0.717) is 13.1 Å². The minimum atomic E-state index is -0.840. The summed E-state index contributed by atoms with van der Waals surface area (Å²) in [7, 11) is 0. The minimum absolute atomic E-state index is 0.326. The number of ether oxygens (including phenoxy) is 1. The molecule has 1 aromatic carbocycles. The standard InChI is InChI=1S/C18H26N2O3/c1-17(2)13-20(16(21)22)14-18(23-17)8-10-19(11-9-18)12-15-6-4-3-5-7-15/h3-7H,8-14H2,1-2H3,(H,21,22). The number of piperidine rings is 1. The summed E-state index contributed by atoms with van der Waals surface area (Å²) in [4.78, 5) is 15.4. The topological polar surface area (TPSA) is 53.0 Å². The molecule has 0 aromatic heterocycles. The Morgan fingerprint density at radius 2 is 1.83 bits per heavy atom. The van der Waals surface area contributed by atoms with Crippen LogP contribution in [0.2, 0.25) is 0 Å². The molecule has 2 aliphatic rings. The van der Waals surface area contributed by atoms with Crippen LogP contribution in [0.5, 0.6) is 0 Å². The maximum absolute atomic E-state index is 11.4. The zero-order valence-electron chi connectivity index (χ0n) is 14.0. The monoisotopic (exact) mass is 318 g/mol. The number of carboxylic acid groups (broad SMARTS) is 1. The van der Waals surface area contributed by atoms with Crippen LogP contribution in [0.3, 0.4) is 0 Å². The van der Waals surface area contributed by atoms with E-state index in [-0.39, 0.29) is 5.60 Å². The molecule has 3 rings (SSSR count). The first-order valence-electron chi connectivity index (χ1n) is 8.32. The molecule has 5 heteroatoms. The molecule has 2 saturated heterocycles. The molecule has 0 aliphatic carbocycles. The van der Waals surface area contributed by atoms with Gasteiger partial charge in [0.2, 0.25) is 0 Å². The molecule has 1 spiro atoms. The molecule has 5 nitrogen and oxygen atoms in total. The lowest BCUT2D eigenvalue weighted by Crippen LogP contribution is -2.63. The van der Waals surface area contributed by atoms with Crippen LogP contribution < -0.4 is 0 Å². The number of likely N-dealkylation sites (tertiary alicyclic amines) is 1. The molecule has 126 valence electrons. The van der Waals surface area contributed by atoms with Gasteiger partial charge in [-0.3, -0.25) is 4.90 Å². The lowest BCUT2D eigenvalue weighted by molar-refractivity contribution is -0.207. The Bertz CT molecular complexity index is 551. The predicted octanol–water partition coefficient (Wildman–Crippen LogP) is 2.81. The fourth-order valence-corrected chi connectivity index (χ4v) is 3.87. The number of nitrogens with zero attached hydrogens (tertiary/aromatic N) is 2. The molecule has 0 bridgehead atoms. The van der Waals surface area contributed by atoms with Gasteiger partial charge in [-0.05, 0) is 32.3 Å². The van der Waals surface area contributed by atoms with Crippen LogP contribution in [0.25, 0.3) is 0 Å². The molecule has 1 aromatic rings. The summed E-state index contributed by atoms with van der Waals surface area (Å²) in [6.07, 6.45) is 0.924. The van der Waals surface area contributed by atoms with Crippen LogP contribution in [-0.2, 0) is 11.3 Å². The molecule has 2 fully saturated rings. The molecule has 1 amide bonds. The van der Waals surface area contributed by atoms with Crippen molar-refractivity contribution < 1.29 is 14.6 Å². The first-order chi connectivity index (χ1) is 10.9. The molecule has 0 radical (unpaired) electrons. The summed E-state index contributed by atoms with van der Waals surface area (Å²) < 4.78 is 6.35. The SMILES string of the molecule is CC1(C)CN(C(=O)O)CC2(CCN(Cc3ccccc3)CC2)O1. The summed E-state index contributed by atoms with van der Waals surface area (Å²) in [5.41, 5.74) is 0.575. The number of morpholine rings is 1. The second-order valence-electron chi connectivity index (χ2n) is 7.45. The van der Waals surface area contributed by atoms with Crippen LogP contribution >= 0.6 is 0 Å². The zero-order valence-corrected chi connectivity index (χ0v) is 14.0. The van der Waals surface area contributed by atoms with Crippen LogP contribution in [0.15, 0.2) is 30.3 Å². The number of hydrogen-bond acceptors (Lipinski definition) is 3. The highest BCUT2D eigenvalue weighted by Gasteiger charge is 2.47. The van der Waals surface area contributed by atoms with Crippen LogP contribution in [-0.4, -0.2) is 58.4 Å². The largest absolute Gasteiger partial charge is 0.465 e. The summed E-state index contributed by atoms with van der Waals surface area (Å²) in [6.45, 7) is 7.74. The van der Waals surface area contributed by atoms with E-state index in [1.54, 1.807) is 0 Å². The van der Waals surface area contributed by atoms with Gasteiger partial charge in [-0.15, -0.1) is 0 Å². The predicted molar refractivity (Wildman–Crippen MR) is 88.4 cm³/mol. The van der Waals surface area contributed by atoms with Gasteiger partial charge in [0.05, 0.1) is 24.3 Å². The highest BCUT2D eigenvalue weighted by atomic mass is 16.5. The van der Waals surface area contributed by atoms with E-state index in [2.05, 4.69) is 29.2 Å². The highest BCUT2D eigenvalue weighted by Crippen LogP contribution is 2.36. The maximum Gasteiger partial charge on any atom is 0.407 e. The van der Waals surface area contributed by atoms with E-state index in [1.165, 1.54) is 10.5 Å². The Morgan fingerprint density at radius 3 is 2.43 bits per heavy atom. The van der Waals surface area contributed by atoms with Crippen molar-refractivity contribution in [3.05, 3.63) is 35.9 Å². The molecular weight excluding hydrogens is 292 g/mol. The van der Waals surface area contributed by atoms with Crippen LogP contribution in [0.1, 0.15) is 32.3 Å². The minimum Gasteiger partial charge on any atom is -0.465 e. The van der Waals surface area contributed by atoms with E-state index in [0.717, 1.165) is 32.5 Å². The lowest BCUT2D eigenvalue weighted by atomic mass is 9.86. The van der Waals surface area contributed by atoms with Gasteiger partial charge in [0, 0.05) is 19.6 Å².